The van der Waals surface area contributed by atoms with E-state index in [1.165, 1.54) is 28.8 Å². The maximum Gasteiger partial charge on any atom is 0.294 e. The first-order valence-corrected chi connectivity index (χ1v) is 10.6. The molecule has 1 N–H and O–H groups in total. The van der Waals surface area contributed by atoms with Gasteiger partial charge >= 0.3 is 0 Å². The number of rotatable bonds is 3. The molecule has 0 fully saturated rings. The van der Waals surface area contributed by atoms with Crippen molar-refractivity contribution in [3.05, 3.63) is 58.7 Å². The van der Waals surface area contributed by atoms with Gasteiger partial charge in [-0.1, -0.05) is 40.7 Å². The van der Waals surface area contributed by atoms with Gasteiger partial charge in [0.25, 0.3) is 10.1 Å². The monoisotopic (exact) mass is 385 g/mol. The highest BCUT2D eigenvalue weighted by molar-refractivity contribution is 7.85. The van der Waals surface area contributed by atoms with Gasteiger partial charge in [0.05, 0.1) is 10.6 Å². The van der Waals surface area contributed by atoms with E-state index in [-0.39, 0.29) is 15.7 Å². The predicted octanol–water partition coefficient (Wildman–Crippen LogP) is 5.20. The third kappa shape index (κ3) is 3.34. The lowest BCUT2D eigenvalue weighted by Crippen LogP contribution is -2.30. The Kier molecular flexibility index (Phi) is 4.60. The van der Waals surface area contributed by atoms with Crippen LogP contribution in [0.15, 0.2) is 46.3 Å². The fourth-order valence-electron chi connectivity index (χ4n) is 4.15. The molecule has 0 saturated heterocycles. The minimum atomic E-state index is -4.18. The van der Waals surface area contributed by atoms with Crippen LogP contribution in [0, 0.1) is 12.8 Å². The normalized spacial score (nSPS) is 20.8. The molecule has 2 aromatic rings. The van der Waals surface area contributed by atoms with Crippen molar-refractivity contribution < 1.29 is 13.0 Å². The summed E-state index contributed by atoms with van der Waals surface area (Å²) in [5.74, 6) is 0.527. The number of fused-ring (bicyclic) bond motifs is 1. The summed E-state index contributed by atoms with van der Waals surface area (Å²) in [5, 5.41) is 0. The Labute approximate surface area is 162 Å². The third-order valence-electron chi connectivity index (χ3n) is 6.45. The SMILES string of the molecule is Cc1cc2c(cc1C=Nc1ccc(S(=O)(=O)O)cc1)C(C)(C)C(C)C2(C)C. The van der Waals surface area contributed by atoms with Crippen molar-refractivity contribution in [2.75, 3.05) is 0 Å². The van der Waals surface area contributed by atoms with Crippen molar-refractivity contribution >= 4 is 22.0 Å². The largest absolute Gasteiger partial charge is 0.294 e. The van der Waals surface area contributed by atoms with E-state index in [1.54, 1.807) is 12.1 Å². The minimum absolute atomic E-state index is 0.0895. The fraction of sp³-hybridized carbons (Fsp3) is 0.409. The molecule has 27 heavy (non-hydrogen) atoms. The van der Waals surface area contributed by atoms with Crippen LogP contribution in [0.25, 0.3) is 0 Å². The molecule has 4 nitrogen and oxygen atoms in total. The summed E-state index contributed by atoms with van der Waals surface area (Å²) < 4.78 is 31.3. The van der Waals surface area contributed by atoms with E-state index in [2.05, 4.69) is 58.7 Å². The standard InChI is InChI=1S/C22H27NO3S/c1-14-11-19-20(22(5,6)15(2)21(19,3)4)12-16(14)13-23-17-7-9-18(10-8-17)27(24,25)26/h7-13,15H,1-6H3,(H,24,25,26). The lowest BCUT2D eigenvalue weighted by molar-refractivity contribution is 0.264. The van der Waals surface area contributed by atoms with E-state index in [0.717, 1.165) is 5.56 Å². The summed E-state index contributed by atoms with van der Waals surface area (Å²) in [6, 6.07) is 10.4. The van der Waals surface area contributed by atoms with E-state index in [9.17, 15) is 8.42 Å². The zero-order valence-electron chi connectivity index (χ0n) is 16.7. The Morgan fingerprint density at radius 3 is 2.04 bits per heavy atom. The van der Waals surface area contributed by atoms with Crippen LogP contribution in [-0.2, 0) is 20.9 Å². The van der Waals surface area contributed by atoms with Crippen LogP contribution in [0.2, 0.25) is 0 Å². The first kappa shape index (κ1) is 19.8. The van der Waals surface area contributed by atoms with Gasteiger partial charge in [-0.05, 0) is 76.3 Å². The molecule has 0 spiro atoms. The molecule has 0 saturated carbocycles. The Balaban J connectivity index is 1.98. The summed E-state index contributed by atoms with van der Waals surface area (Å²) >= 11 is 0. The van der Waals surface area contributed by atoms with Crippen molar-refractivity contribution in [2.45, 2.75) is 57.3 Å². The van der Waals surface area contributed by atoms with Gasteiger partial charge in [0, 0.05) is 6.21 Å². The number of aliphatic imine (C=N–C) groups is 1. The maximum absolute atomic E-state index is 11.1. The van der Waals surface area contributed by atoms with Gasteiger partial charge in [-0.25, -0.2) is 0 Å². The lowest BCUT2D eigenvalue weighted by atomic mass is 9.71. The Morgan fingerprint density at radius 1 is 1.00 bits per heavy atom. The van der Waals surface area contributed by atoms with Crippen LogP contribution in [0.4, 0.5) is 5.69 Å². The second-order valence-corrected chi connectivity index (χ2v) is 10.1. The molecule has 0 aliphatic heterocycles. The van der Waals surface area contributed by atoms with Crippen molar-refractivity contribution in [3.8, 4) is 0 Å². The molecule has 1 unspecified atom stereocenters. The van der Waals surface area contributed by atoms with Crippen molar-refractivity contribution in [2.24, 2.45) is 10.9 Å². The van der Waals surface area contributed by atoms with Crippen LogP contribution >= 0.6 is 0 Å². The summed E-state index contributed by atoms with van der Waals surface area (Å²) in [5.41, 5.74) is 5.86. The van der Waals surface area contributed by atoms with Gasteiger partial charge in [-0.2, -0.15) is 8.42 Å². The Morgan fingerprint density at radius 2 is 1.52 bits per heavy atom. The molecule has 3 rings (SSSR count). The zero-order chi connectivity index (χ0) is 20.2. The number of hydrogen-bond acceptors (Lipinski definition) is 3. The molecule has 0 heterocycles. The van der Waals surface area contributed by atoms with Gasteiger partial charge in [-0.15, -0.1) is 0 Å². The number of benzene rings is 2. The summed E-state index contributed by atoms with van der Waals surface area (Å²) in [7, 11) is -4.18. The highest BCUT2D eigenvalue weighted by Gasteiger charge is 2.48. The van der Waals surface area contributed by atoms with E-state index in [0.29, 0.717) is 11.6 Å². The topological polar surface area (TPSA) is 66.7 Å². The number of aryl methyl sites for hydroxylation is 1. The quantitative estimate of drug-likeness (QED) is 0.583. The van der Waals surface area contributed by atoms with Crippen molar-refractivity contribution in [1.82, 2.24) is 0 Å². The lowest BCUT2D eigenvalue weighted by Gasteiger charge is -2.32. The predicted molar refractivity (Wildman–Crippen MR) is 110 cm³/mol. The average molecular weight is 386 g/mol. The van der Waals surface area contributed by atoms with Crippen molar-refractivity contribution in [1.29, 1.82) is 0 Å². The summed E-state index contributed by atoms with van der Waals surface area (Å²) in [6.45, 7) is 13.6. The maximum atomic E-state index is 11.1. The first-order chi connectivity index (χ1) is 12.3. The molecule has 5 heteroatoms. The highest BCUT2D eigenvalue weighted by Crippen LogP contribution is 2.53. The van der Waals surface area contributed by atoms with Crippen LogP contribution in [0.5, 0.6) is 0 Å². The molecular weight excluding hydrogens is 358 g/mol. The smallest absolute Gasteiger partial charge is 0.282 e. The number of nitrogens with zero attached hydrogens (tertiary/aromatic N) is 1. The molecule has 0 amide bonds. The molecule has 2 aromatic carbocycles. The number of hydrogen-bond donors (Lipinski definition) is 1. The zero-order valence-corrected chi connectivity index (χ0v) is 17.6. The second kappa shape index (κ2) is 6.28. The highest BCUT2D eigenvalue weighted by atomic mass is 32.2. The van der Waals surface area contributed by atoms with Gasteiger partial charge in [0.2, 0.25) is 0 Å². The second-order valence-electron chi connectivity index (χ2n) is 8.65. The molecule has 0 bridgehead atoms. The molecule has 0 aromatic heterocycles. The van der Waals surface area contributed by atoms with Crippen molar-refractivity contribution in [3.63, 3.8) is 0 Å². The van der Waals surface area contributed by atoms with E-state index in [4.69, 9.17) is 4.55 Å². The van der Waals surface area contributed by atoms with Crippen LogP contribution in [0.3, 0.4) is 0 Å². The van der Waals surface area contributed by atoms with E-state index >= 15 is 0 Å². The van der Waals surface area contributed by atoms with Crippen LogP contribution < -0.4 is 0 Å². The van der Waals surface area contributed by atoms with Gasteiger partial charge in [-0.3, -0.25) is 9.55 Å². The van der Waals surface area contributed by atoms with E-state index in [1.807, 2.05) is 6.21 Å². The van der Waals surface area contributed by atoms with E-state index < -0.39 is 10.1 Å². The molecule has 144 valence electrons. The van der Waals surface area contributed by atoms with Crippen LogP contribution in [0.1, 0.15) is 56.9 Å². The van der Waals surface area contributed by atoms with Gasteiger partial charge < -0.3 is 0 Å². The van der Waals surface area contributed by atoms with Crippen LogP contribution in [-0.4, -0.2) is 19.2 Å². The molecule has 0 radical (unpaired) electrons. The Bertz CT molecular complexity index is 1020. The summed E-state index contributed by atoms with van der Waals surface area (Å²) in [4.78, 5) is 4.36. The minimum Gasteiger partial charge on any atom is -0.282 e. The Hall–Kier alpha value is -1.98. The first-order valence-electron chi connectivity index (χ1n) is 9.12. The molecular formula is C22H27NO3S. The average Bonchev–Trinajstić information content (AvgIpc) is 2.70. The molecule has 1 atom stereocenters. The van der Waals surface area contributed by atoms with Gasteiger partial charge in [0.15, 0.2) is 0 Å². The molecule has 1 aliphatic carbocycles. The molecule has 1 aliphatic rings. The fourth-order valence-corrected chi connectivity index (χ4v) is 4.63. The van der Waals surface area contributed by atoms with Gasteiger partial charge in [0.1, 0.15) is 0 Å². The third-order valence-corrected chi connectivity index (χ3v) is 7.31. The summed E-state index contributed by atoms with van der Waals surface area (Å²) in [6.07, 6.45) is 1.82.